The summed E-state index contributed by atoms with van der Waals surface area (Å²) < 4.78 is 0. The molecule has 96 valence electrons. The van der Waals surface area contributed by atoms with E-state index in [4.69, 9.17) is 23.2 Å². The second-order valence-corrected chi connectivity index (χ2v) is 5.86. The van der Waals surface area contributed by atoms with Gasteiger partial charge < -0.3 is 0 Å². The first kappa shape index (κ1) is 14.1. The number of hydrogen-bond donors (Lipinski definition) is 0. The van der Waals surface area contributed by atoms with Crippen LogP contribution in [0.15, 0.2) is 34.5 Å². The molecule has 1 aliphatic carbocycles. The van der Waals surface area contributed by atoms with Crippen LogP contribution in [0.4, 0.5) is 0 Å². The van der Waals surface area contributed by atoms with Gasteiger partial charge in [0.15, 0.2) is 0 Å². The molecule has 18 heavy (non-hydrogen) atoms. The van der Waals surface area contributed by atoms with Crippen molar-refractivity contribution in [1.29, 1.82) is 0 Å². The summed E-state index contributed by atoms with van der Waals surface area (Å²) in [6.07, 6.45) is 3.79. The second kappa shape index (κ2) is 6.23. The molecule has 0 fully saturated rings. The van der Waals surface area contributed by atoms with Crippen molar-refractivity contribution < 1.29 is 0 Å². The van der Waals surface area contributed by atoms with Crippen molar-refractivity contribution >= 4 is 45.3 Å². The van der Waals surface area contributed by atoms with E-state index < -0.39 is 0 Å². The molecule has 1 atom stereocenters. The van der Waals surface area contributed by atoms with E-state index >= 15 is 0 Å². The Labute approximate surface area is 126 Å². The summed E-state index contributed by atoms with van der Waals surface area (Å²) in [5, 5.41) is 1.32. The molecule has 1 nitrogen and oxygen atoms in total. The average molecular weight is 347 g/mol. The maximum Gasteiger partial charge on any atom is 0.101 e. The Bertz CT molecular complexity index is 509. The van der Waals surface area contributed by atoms with Gasteiger partial charge in [0.1, 0.15) is 5.38 Å². The van der Waals surface area contributed by atoms with Crippen LogP contribution in [0.25, 0.3) is 0 Å². The zero-order valence-corrected chi connectivity index (χ0v) is 13.2. The van der Waals surface area contributed by atoms with Crippen LogP contribution in [-0.4, -0.2) is 11.5 Å². The highest BCUT2D eigenvalue weighted by atomic mass is 79.9. The molecule has 0 amide bonds. The summed E-state index contributed by atoms with van der Waals surface area (Å²) >= 11 is 16.0. The predicted octanol–water partition coefficient (Wildman–Crippen LogP) is 5.31. The number of aliphatic imine (C=N–C) groups is 1. The number of alkyl halides is 2. The lowest BCUT2D eigenvalue weighted by Crippen LogP contribution is -1.97. The minimum Gasteiger partial charge on any atom is -0.263 e. The van der Waals surface area contributed by atoms with Gasteiger partial charge in [0.2, 0.25) is 0 Å². The van der Waals surface area contributed by atoms with Crippen molar-refractivity contribution in [2.75, 3.05) is 5.33 Å². The van der Waals surface area contributed by atoms with E-state index in [-0.39, 0.29) is 5.38 Å². The van der Waals surface area contributed by atoms with E-state index in [0.717, 1.165) is 34.5 Å². The number of halogens is 3. The lowest BCUT2D eigenvalue weighted by atomic mass is 10.0. The minimum absolute atomic E-state index is 0.185. The van der Waals surface area contributed by atoms with Crippen LogP contribution in [0.5, 0.6) is 0 Å². The standard InChI is InChI=1S/C14H14BrCl2N/c1-9-2-3-10-8-11(16)4-5-12(10)13(17)14(9)18-7-6-15/h4-5,7-8,13H,2-3,6H2,1H3. The smallest absolute Gasteiger partial charge is 0.101 e. The molecule has 0 aromatic heterocycles. The first-order valence-corrected chi connectivity index (χ1v) is 7.77. The van der Waals surface area contributed by atoms with Crippen molar-refractivity contribution in [3.05, 3.63) is 45.6 Å². The number of fused-ring (bicyclic) bond motifs is 1. The van der Waals surface area contributed by atoms with Crippen LogP contribution >= 0.6 is 39.1 Å². The van der Waals surface area contributed by atoms with Crippen molar-refractivity contribution in [3.63, 3.8) is 0 Å². The summed E-state index contributed by atoms with van der Waals surface area (Å²) in [6, 6.07) is 5.91. The SMILES string of the molecule is CC1=C(N=CCBr)C(Cl)c2ccc(Cl)cc2CC1. The maximum atomic E-state index is 6.57. The van der Waals surface area contributed by atoms with Crippen LogP contribution in [-0.2, 0) is 6.42 Å². The Balaban J connectivity index is 2.44. The molecule has 1 aromatic carbocycles. The molecule has 0 radical (unpaired) electrons. The zero-order chi connectivity index (χ0) is 13.1. The summed E-state index contributed by atoms with van der Waals surface area (Å²) in [7, 11) is 0. The fraction of sp³-hybridized carbons (Fsp3) is 0.357. The molecule has 2 rings (SSSR count). The largest absolute Gasteiger partial charge is 0.263 e. The normalized spacial score (nSPS) is 20.1. The molecule has 4 heteroatoms. The van der Waals surface area contributed by atoms with Gasteiger partial charge in [0.25, 0.3) is 0 Å². The van der Waals surface area contributed by atoms with Crippen LogP contribution in [0.2, 0.25) is 5.02 Å². The van der Waals surface area contributed by atoms with Gasteiger partial charge in [-0.2, -0.15) is 0 Å². The third kappa shape index (κ3) is 2.98. The van der Waals surface area contributed by atoms with Crippen molar-refractivity contribution in [2.45, 2.75) is 25.1 Å². The topological polar surface area (TPSA) is 12.4 Å². The van der Waals surface area contributed by atoms with E-state index in [9.17, 15) is 0 Å². The maximum absolute atomic E-state index is 6.57. The lowest BCUT2D eigenvalue weighted by Gasteiger charge is -2.13. The first-order chi connectivity index (χ1) is 8.63. The Morgan fingerprint density at radius 1 is 1.44 bits per heavy atom. The van der Waals surface area contributed by atoms with Gasteiger partial charge >= 0.3 is 0 Å². The Morgan fingerprint density at radius 3 is 2.94 bits per heavy atom. The van der Waals surface area contributed by atoms with Gasteiger partial charge in [0, 0.05) is 16.6 Å². The zero-order valence-electron chi connectivity index (χ0n) is 10.1. The van der Waals surface area contributed by atoms with Crippen molar-refractivity contribution in [3.8, 4) is 0 Å². The van der Waals surface area contributed by atoms with Crippen LogP contribution in [0.1, 0.15) is 29.8 Å². The Kier molecular flexibility index (Phi) is 4.88. The molecule has 1 aliphatic rings. The summed E-state index contributed by atoms with van der Waals surface area (Å²) in [6.45, 7) is 2.10. The fourth-order valence-corrected chi connectivity index (χ4v) is 2.96. The Morgan fingerprint density at radius 2 is 2.22 bits per heavy atom. The summed E-state index contributed by atoms with van der Waals surface area (Å²) in [5.41, 5.74) is 4.57. The number of aryl methyl sites for hydroxylation is 1. The van der Waals surface area contributed by atoms with Crippen LogP contribution < -0.4 is 0 Å². The van der Waals surface area contributed by atoms with Crippen LogP contribution in [0, 0.1) is 0 Å². The van der Waals surface area contributed by atoms with Gasteiger partial charge in [0.05, 0.1) is 5.70 Å². The predicted molar refractivity (Wildman–Crippen MR) is 83.4 cm³/mol. The minimum atomic E-state index is -0.185. The third-order valence-corrected chi connectivity index (χ3v) is 4.09. The van der Waals surface area contributed by atoms with Gasteiger partial charge in [-0.15, -0.1) is 11.6 Å². The Hall–Kier alpha value is -0.310. The molecule has 0 N–H and O–H groups in total. The van der Waals surface area contributed by atoms with Crippen LogP contribution in [0.3, 0.4) is 0 Å². The van der Waals surface area contributed by atoms with E-state index in [2.05, 4.69) is 27.8 Å². The summed E-state index contributed by atoms with van der Waals surface area (Å²) in [4.78, 5) is 4.49. The van der Waals surface area contributed by atoms with E-state index in [1.807, 2.05) is 24.4 Å². The number of rotatable bonds is 2. The molecule has 1 aromatic rings. The molecular weight excluding hydrogens is 333 g/mol. The highest BCUT2D eigenvalue weighted by Gasteiger charge is 2.22. The van der Waals surface area contributed by atoms with Gasteiger partial charge in [-0.05, 0) is 48.6 Å². The monoisotopic (exact) mass is 345 g/mol. The fourth-order valence-electron chi connectivity index (χ4n) is 2.16. The van der Waals surface area contributed by atoms with E-state index in [1.165, 1.54) is 11.1 Å². The third-order valence-electron chi connectivity index (χ3n) is 3.12. The molecule has 0 bridgehead atoms. The molecule has 0 aliphatic heterocycles. The van der Waals surface area contributed by atoms with Gasteiger partial charge in [-0.1, -0.05) is 33.6 Å². The highest BCUT2D eigenvalue weighted by Crippen LogP contribution is 2.38. The number of allylic oxidation sites excluding steroid dienone is 2. The molecule has 1 unspecified atom stereocenters. The average Bonchev–Trinajstić information content (AvgIpc) is 2.46. The number of benzene rings is 1. The molecular formula is C14H14BrCl2N. The summed E-state index contributed by atoms with van der Waals surface area (Å²) in [5.74, 6) is 0. The van der Waals surface area contributed by atoms with Gasteiger partial charge in [-0.3, -0.25) is 4.99 Å². The first-order valence-electron chi connectivity index (χ1n) is 5.84. The second-order valence-electron chi connectivity index (χ2n) is 4.34. The number of hydrogen-bond acceptors (Lipinski definition) is 1. The molecule has 0 saturated carbocycles. The number of nitrogens with zero attached hydrogens (tertiary/aromatic N) is 1. The molecule has 0 spiro atoms. The highest BCUT2D eigenvalue weighted by molar-refractivity contribution is 9.09. The van der Waals surface area contributed by atoms with E-state index in [1.54, 1.807) is 0 Å². The quantitative estimate of drug-likeness (QED) is 0.508. The van der Waals surface area contributed by atoms with Crippen molar-refractivity contribution in [2.24, 2.45) is 4.99 Å². The molecule has 0 saturated heterocycles. The van der Waals surface area contributed by atoms with Gasteiger partial charge in [-0.25, -0.2) is 0 Å². The van der Waals surface area contributed by atoms with E-state index in [0.29, 0.717) is 0 Å². The lowest BCUT2D eigenvalue weighted by molar-refractivity contribution is 0.935. The van der Waals surface area contributed by atoms with Crippen molar-refractivity contribution in [1.82, 2.24) is 0 Å². The molecule has 0 heterocycles.